The quantitative estimate of drug-likeness (QED) is 0.928. The zero-order valence-electron chi connectivity index (χ0n) is 10.4. The fourth-order valence-electron chi connectivity index (χ4n) is 2.21. The van der Waals surface area contributed by atoms with E-state index in [1.807, 2.05) is 24.5 Å². The minimum absolute atomic E-state index is 0.148. The number of aromatic nitrogens is 1. The van der Waals surface area contributed by atoms with Gasteiger partial charge in [-0.05, 0) is 48.8 Å². The summed E-state index contributed by atoms with van der Waals surface area (Å²) in [6, 6.07) is 3.76. The molecule has 0 aliphatic rings. The third kappa shape index (κ3) is 1.88. The lowest BCUT2D eigenvalue weighted by molar-refractivity contribution is 0.0695. The summed E-state index contributed by atoms with van der Waals surface area (Å²) < 4.78 is 7.93. The first-order valence-corrected chi connectivity index (χ1v) is 6.41. The van der Waals surface area contributed by atoms with Gasteiger partial charge in [0.1, 0.15) is 0 Å². The minimum Gasteiger partial charge on any atom is -0.478 e. The predicted molar refractivity (Wildman–Crippen MR) is 71.9 cm³/mol. The molecule has 0 spiro atoms. The normalized spacial score (nSPS) is 11.2. The summed E-state index contributed by atoms with van der Waals surface area (Å²) in [7, 11) is 0. The van der Waals surface area contributed by atoms with Gasteiger partial charge in [0.2, 0.25) is 0 Å². The van der Waals surface area contributed by atoms with Crippen LogP contribution >= 0.6 is 15.9 Å². The number of hydrogen-bond donors (Lipinski definition) is 1. The lowest BCUT2D eigenvalue weighted by atomic mass is 10.2. The van der Waals surface area contributed by atoms with Gasteiger partial charge in [-0.15, -0.1) is 0 Å². The molecule has 0 radical (unpaired) electrons. The van der Waals surface area contributed by atoms with Crippen LogP contribution in [0.4, 0.5) is 0 Å². The molecular formula is C13H14BrNO3. The highest BCUT2D eigenvalue weighted by atomic mass is 79.9. The second-order valence-electron chi connectivity index (χ2n) is 4.37. The Bertz CT molecular complexity index is 582. The van der Waals surface area contributed by atoms with Crippen LogP contribution in [0.1, 0.15) is 35.9 Å². The summed E-state index contributed by atoms with van der Waals surface area (Å²) in [5.74, 6) is -0.280. The van der Waals surface area contributed by atoms with E-state index in [0.717, 1.165) is 11.4 Å². The number of hydrogen-bond acceptors (Lipinski definition) is 2. The molecule has 0 unspecified atom stereocenters. The van der Waals surface area contributed by atoms with E-state index in [1.165, 1.54) is 0 Å². The van der Waals surface area contributed by atoms with Crippen molar-refractivity contribution in [3.05, 3.63) is 34.1 Å². The van der Waals surface area contributed by atoms with Crippen molar-refractivity contribution in [2.45, 2.75) is 26.8 Å². The maximum absolute atomic E-state index is 11.3. The minimum atomic E-state index is -0.938. The predicted octanol–water partition coefficient (Wildman–Crippen LogP) is 4.10. The van der Waals surface area contributed by atoms with Crippen LogP contribution in [0.5, 0.6) is 0 Å². The lowest BCUT2D eigenvalue weighted by Crippen LogP contribution is -2.06. The van der Waals surface area contributed by atoms with Crippen molar-refractivity contribution in [1.29, 1.82) is 0 Å². The van der Waals surface area contributed by atoms with E-state index < -0.39 is 5.97 Å². The van der Waals surface area contributed by atoms with Gasteiger partial charge in [-0.1, -0.05) is 0 Å². The lowest BCUT2D eigenvalue weighted by Gasteiger charge is -2.14. The van der Waals surface area contributed by atoms with Gasteiger partial charge in [-0.3, -0.25) is 0 Å². The van der Waals surface area contributed by atoms with Gasteiger partial charge in [-0.25, -0.2) is 4.79 Å². The van der Waals surface area contributed by atoms with Crippen LogP contribution in [-0.4, -0.2) is 15.6 Å². The molecule has 96 valence electrons. The van der Waals surface area contributed by atoms with Crippen LogP contribution in [0.3, 0.4) is 0 Å². The van der Waals surface area contributed by atoms with Crippen LogP contribution in [0.2, 0.25) is 0 Å². The molecule has 0 aliphatic carbocycles. The third-order valence-electron chi connectivity index (χ3n) is 2.88. The molecular weight excluding hydrogens is 298 g/mol. The molecule has 0 aromatic carbocycles. The number of carboxylic acids is 1. The van der Waals surface area contributed by atoms with Crippen molar-refractivity contribution < 1.29 is 14.3 Å². The van der Waals surface area contributed by atoms with Gasteiger partial charge < -0.3 is 14.1 Å². The van der Waals surface area contributed by atoms with Crippen molar-refractivity contribution in [2.24, 2.45) is 0 Å². The SMILES string of the molecule is Cc1c(C(=O)O)c(Br)c(-c2ccco2)n1C(C)C. The number of carboxylic acid groups (broad SMARTS) is 1. The fraction of sp³-hybridized carbons (Fsp3) is 0.308. The van der Waals surface area contributed by atoms with E-state index in [9.17, 15) is 9.90 Å². The van der Waals surface area contributed by atoms with Gasteiger partial charge in [0.25, 0.3) is 0 Å². The van der Waals surface area contributed by atoms with E-state index in [4.69, 9.17) is 4.42 Å². The van der Waals surface area contributed by atoms with Crippen molar-refractivity contribution >= 4 is 21.9 Å². The number of aromatic carboxylic acids is 1. The van der Waals surface area contributed by atoms with E-state index in [2.05, 4.69) is 15.9 Å². The Morgan fingerprint density at radius 1 is 1.50 bits per heavy atom. The summed E-state index contributed by atoms with van der Waals surface area (Å²) >= 11 is 3.38. The number of rotatable bonds is 3. The molecule has 0 amide bonds. The maximum Gasteiger partial charge on any atom is 0.338 e. The summed E-state index contributed by atoms with van der Waals surface area (Å²) in [5.41, 5.74) is 1.77. The second kappa shape index (κ2) is 4.65. The molecule has 5 heteroatoms. The highest BCUT2D eigenvalue weighted by molar-refractivity contribution is 9.10. The van der Waals surface area contributed by atoms with E-state index in [1.54, 1.807) is 19.3 Å². The molecule has 18 heavy (non-hydrogen) atoms. The van der Waals surface area contributed by atoms with Gasteiger partial charge in [0.05, 0.1) is 22.0 Å². The summed E-state index contributed by atoms with van der Waals surface area (Å²) in [4.78, 5) is 11.3. The topological polar surface area (TPSA) is 55.4 Å². The van der Waals surface area contributed by atoms with Crippen molar-refractivity contribution in [3.8, 4) is 11.5 Å². The van der Waals surface area contributed by atoms with Crippen LogP contribution in [-0.2, 0) is 0 Å². The van der Waals surface area contributed by atoms with Gasteiger partial charge in [-0.2, -0.15) is 0 Å². The molecule has 2 aromatic rings. The Kier molecular flexibility index (Phi) is 3.34. The largest absolute Gasteiger partial charge is 0.478 e. The van der Waals surface area contributed by atoms with Crippen LogP contribution in [0.15, 0.2) is 27.3 Å². The van der Waals surface area contributed by atoms with E-state index in [-0.39, 0.29) is 11.6 Å². The second-order valence-corrected chi connectivity index (χ2v) is 5.16. The molecule has 2 rings (SSSR count). The van der Waals surface area contributed by atoms with Crippen molar-refractivity contribution in [2.75, 3.05) is 0 Å². The third-order valence-corrected chi connectivity index (χ3v) is 3.65. The van der Waals surface area contributed by atoms with Gasteiger partial charge in [0.15, 0.2) is 5.76 Å². The number of halogens is 1. The molecule has 4 nitrogen and oxygen atoms in total. The fourth-order valence-corrected chi connectivity index (χ4v) is 3.05. The van der Waals surface area contributed by atoms with Gasteiger partial charge >= 0.3 is 5.97 Å². The molecule has 0 fully saturated rings. The van der Waals surface area contributed by atoms with Crippen LogP contribution in [0, 0.1) is 6.92 Å². The standard InChI is InChI=1S/C13H14BrNO3/c1-7(2)15-8(3)10(13(16)17)11(14)12(15)9-5-4-6-18-9/h4-7H,1-3H3,(H,16,17). The average Bonchev–Trinajstić information content (AvgIpc) is 2.83. The van der Waals surface area contributed by atoms with E-state index in [0.29, 0.717) is 10.2 Å². The zero-order chi connectivity index (χ0) is 13.4. The van der Waals surface area contributed by atoms with Crippen molar-refractivity contribution in [1.82, 2.24) is 4.57 Å². The molecule has 0 aliphatic heterocycles. The molecule has 0 saturated heterocycles. The molecule has 0 atom stereocenters. The highest BCUT2D eigenvalue weighted by Gasteiger charge is 2.26. The number of nitrogens with zero attached hydrogens (tertiary/aromatic N) is 1. The molecule has 0 saturated carbocycles. The number of furan rings is 1. The maximum atomic E-state index is 11.3. The number of carbonyl (C=O) groups is 1. The summed E-state index contributed by atoms with van der Waals surface area (Å²) in [5, 5.41) is 9.29. The monoisotopic (exact) mass is 311 g/mol. The molecule has 0 bridgehead atoms. The average molecular weight is 312 g/mol. The summed E-state index contributed by atoms with van der Waals surface area (Å²) in [6.07, 6.45) is 1.58. The molecule has 1 N–H and O–H groups in total. The Balaban J connectivity index is 2.79. The smallest absolute Gasteiger partial charge is 0.338 e. The molecule has 2 aromatic heterocycles. The Morgan fingerprint density at radius 3 is 2.61 bits per heavy atom. The van der Waals surface area contributed by atoms with Gasteiger partial charge in [0, 0.05) is 11.7 Å². The first-order chi connectivity index (χ1) is 8.45. The first-order valence-electron chi connectivity index (χ1n) is 5.62. The van der Waals surface area contributed by atoms with Crippen LogP contribution in [0.25, 0.3) is 11.5 Å². The Labute approximate surface area is 113 Å². The zero-order valence-corrected chi connectivity index (χ0v) is 12.0. The highest BCUT2D eigenvalue weighted by Crippen LogP contribution is 2.38. The van der Waals surface area contributed by atoms with Crippen molar-refractivity contribution in [3.63, 3.8) is 0 Å². The van der Waals surface area contributed by atoms with Crippen LogP contribution < -0.4 is 0 Å². The Hall–Kier alpha value is -1.49. The van der Waals surface area contributed by atoms with E-state index >= 15 is 0 Å². The Morgan fingerprint density at radius 2 is 2.17 bits per heavy atom. The first kappa shape index (κ1) is 13.0. The molecule has 2 heterocycles. The summed E-state index contributed by atoms with van der Waals surface area (Å²) in [6.45, 7) is 5.83.